The van der Waals surface area contributed by atoms with E-state index in [0.29, 0.717) is 0 Å². The first kappa shape index (κ1) is 5.47. The number of hydrogen-bond donors (Lipinski definition) is 2. The lowest BCUT2D eigenvalue weighted by molar-refractivity contribution is 0.512. The minimum Gasteiger partial charge on any atom is -0.342 e. The third-order valence-corrected chi connectivity index (χ3v) is 1.32. The maximum absolute atomic E-state index is 10.1. The van der Waals surface area contributed by atoms with Crippen LogP contribution < -0.4 is 5.44 Å². The Morgan fingerprint density at radius 1 is 1.88 bits per heavy atom. The Labute approximate surface area is 45.6 Å². The highest BCUT2D eigenvalue weighted by molar-refractivity contribution is 7.46. The normalized spacial score (nSPS) is 13.6. The van der Waals surface area contributed by atoms with Crippen LogP contribution in [-0.4, -0.2) is 20.3 Å². The predicted molar refractivity (Wildman–Crippen MR) is 27.2 cm³/mol. The zero-order valence-electron chi connectivity index (χ0n) is 3.83. The molecule has 0 aliphatic heterocycles. The van der Waals surface area contributed by atoms with Gasteiger partial charge >= 0.3 is 0 Å². The number of hydrogen-bond acceptors (Lipinski definition) is 3. The molecule has 44 valence electrons. The minimum absolute atomic E-state index is 0.120. The summed E-state index contributed by atoms with van der Waals surface area (Å²) in [6.07, 6.45) is 1.29. The molecule has 0 bridgehead atoms. The summed E-state index contributed by atoms with van der Waals surface area (Å²) in [7, 11) is -2.62. The fourth-order valence-corrected chi connectivity index (χ4v) is 0.630. The third kappa shape index (κ3) is 0.936. The predicted octanol–water partition coefficient (Wildman–Crippen LogP) is -1.10. The smallest absolute Gasteiger partial charge is 0.239 e. The van der Waals surface area contributed by atoms with Crippen LogP contribution in [-0.2, 0) is 4.57 Å². The van der Waals surface area contributed by atoms with Crippen molar-refractivity contribution in [3.63, 3.8) is 0 Å². The van der Waals surface area contributed by atoms with Crippen LogP contribution in [0.3, 0.4) is 0 Å². The SMILES string of the molecule is O=[PH](O)c1c[nH]nn1. The van der Waals surface area contributed by atoms with Crippen LogP contribution in [0.15, 0.2) is 6.20 Å². The van der Waals surface area contributed by atoms with Crippen LogP contribution in [0.1, 0.15) is 0 Å². The highest BCUT2D eigenvalue weighted by Gasteiger charge is 1.98. The minimum atomic E-state index is -2.62. The number of nitrogens with one attached hydrogen (secondary N) is 1. The summed E-state index contributed by atoms with van der Waals surface area (Å²) in [5.74, 6) is 0. The van der Waals surface area contributed by atoms with Crippen molar-refractivity contribution >= 4 is 13.5 Å². The van der Waals surface area contributed by atoms with Gasteiger partial charge in [-0.25, -0.2) is 0 Å². The Bertz CT molecular complexity index is 183. The maximum Gasteiger partial charge on any atom is 0.239 e. The summed E-state index contributed by atoms with van der Waals surface area (Å²) in [5.41, 5.74) is 0.120. The molecule has 6 heteroatoms. The molecule has 1 aromatic rings. The fourth-order valence-electron chi connectivity index (χ4n) is 0.306. The first-order chi connectivity index (χ1) is 3.80. The summed E-state index contributed by atoms with van der Waals surface area (Å²) in [6.45, 7) is 0. The van der Waals surface area contributed by atoms with Gasteiger partial charge in [0.1, 0.15) is 0 Å². The van der Waals surface area contributed by atoms with Gasteiger partial charge in [0, 0.05) is 0 Å². The van der Waals surface area contributed by atoms with E-state index in [2.05, 4.69) is 15.4 Å². The number of aromatic nitrogens is 3. The molecule has 0 saturated heterocycles. The molecule has 0 fully saturated rings. The van der Waals surface area contributed by atoms with Crippen molar-refractivity contribution in [2.24, 2.45) is 0 Å². The molecule has 0 saturated carbocycles. The van der Waals surface area contributed by atoms with Gasteiger partial charge in [0.15, 0.2) is 5.44 Å². The van der Waals surface area contributed by atoms with Crippen molar-refractivity contribution in [1.82, 2.24) is 15.4 Å². The molecule has 0 aliphatic rings. The molecule has 1 unspecified atom stereocenters. The van der Waals surface area contributed by atoms with Crippen molar-refractivity contribution < 1.29 is 9.46 Å². The van der Waals surface area contributed by atoms with Crippen molar-refractivity contribution in [2.75, 3.05) is 0 Å². The van der Waals surface area contributed by atoms with Crippen LogP contribution in [0, 0.1) is 0 Å². The van der Waals surface area contributed by atoms with Crippen LogP contribution in [0.25, 0.3) is 0 Å². The number of nitrogens with zero attached hydrogens (tertiary/aromatic N) is 2. The number of rotatable bonds is 1. The molecule has 5 nitrogen and oxygen atoms in total. The van der Waals surface area contributed by atoms with E-state index in [1.54, 1.807) is 0 Å². The molecule has 0 aromatic carbocycles. The summed E-state index contributed by atoms with van der Waals surface area (Å²) in [5, 5.41) is 8.84. The van der Waals surface area contributed by atoms with Gasteiger partial charge in [-0.3, -0.25) is 9.66 Å². The van der Waals surface area contributed by atoms with Gasteiger partial charge in [0.05, 0.1) is 6.20 Å². The van der Waals surface area contributed by atoms with E-state index in [-0.39, 0.29) is 5.44 Å². The van der Waals surface area contributed by atoms with E-state index in [0.717, 1.165) is 0 Å². The topological polar surface area (TPSA) is 78.9 Å². The van der Waals surface area contributed by atoms with Gasteiger partial charge in [-0.1, -0.05) is 5.21 Å². The molecule has 0 aliphatic carbocycles. The molecule has 1 rings (SSSR count). The number of H-pyrrole nitrogens is 1. The van der Waals surface area contributed by atoms with Gasteiger partial charge in [0.2, 0.25) is 8.03 Å². The molecule has 1 heterocycles. The lowest BCUT2D eigenvalue weighted by Gasteiger charge is -1.77. The highest BCUT2D eigenvalue weighted by atomic mass is 31.1. The van der Waals surface area contributed by atoms with Gasteiger partial charge in [-0.2, -0.15) is 0 Å². The van der Waals surface area contributed by atoms with Crippen molar-refractivity contribution in [2.45, 2.75) is 0 Å². The quantitative estimate of drug-likeness (QED) is 0.476. The lowest BCUT2D eigenvalue weighted by atomic mass is 11.0. The second-order valence-electron chi connectivity index (χ2n) is 1.16. The Kier molecular flexibility index (Phi) is 1.41. The lowest BCUT2D eigenvalue weighted by Crippen LogP contribution is -1.94. The van der Waals surface area contributed by atoms with E-state index < -0.39 is 8.03 Å². The molecule has 0 amide bonds. The molecule has 1 aromatic heterocycles. The first-order valence-corrected chi connectivity index (χ1v) is 3.26. The van der Waals surface area contributed by atoms with E-state index >= 15 is 0 Å². The van der Waals surface area contributed by atoms with Crippen molar-refractivity contribution in [3.05, 3.63) is 6.20 Å². The monoisotopic (exact) mass is 133 g/mol. The van der Waals surface area contributed by atoms with Gasteiger partial charge in [0.25, 0.3) is 0 Å². The molecular formula is C2H4N3O2P. The van der Waals surface area contributed by atoms with E-state index in [1.807, 2.05) is 0 Å². The van der Waals surface area contributed by atoms with Crippen LogP contribution in [0.5, 0.6) is 0 Å². The largest absolute Gasteiger partial charge is 0.342 e. The highest BCUT2D eigenvalue weighted by Crippen LogP contribution is 2.07. The zero-order valence-corrected chi connectivity index (χ0v) is 4.83. The average molecular weight is 133 g/mol. The van der Waals surface area contributed by atoms with Crippen molar-refractivity contribution in [1.29, 1.82) is 0 Å². The Morgan fingerprint density at radius 2 is 2.62 bits per heavy atom. The summed E-state index contributed by atoms with van der Waals surface area (Å²) >= 11 is 0. The number of aromatic amines is 1. The summed E-state index contributed by atoms with van der Waals surface area (Å²) < 4.78 is 10.1. The second-order valence-corrected chi connectivity index (χ2v) is 2.29. The molecule has 1 atom stereocenters. The van der Waals surface area contributed by atoms with E-state index in [9.17, 15) is 4.57 Å². The molecule has 0 radical (unpaired) electrons. The molecule has 0 spiro atoms. The van der Waals surface area contributed by atoms with Gasteiger partial charge < -0.3 is 4.89 Å². The zero-order chi connectivity index (χ0) is 5.98. The van der Waals surface area contributed by atoms with Crippen molar-refractivity contribution in [3.8, 4) is 0 Å². The van der Waals surface area contributed by atoms with Gasteiger partial charge in [-0.05, 0) is 0 Å². The average Bonchev–Trinajstić information content (AvgIpc) is 2.12. The molecular weight excluding hydrogens is 129 g/mol. The molecule has 8 heavy (non-hydrogen) atoms. The second kappa shape index (κ2) is 2.07. The Balaban J connectivity index is 2.93. The Hall–Kier alpha value is -0.670. The van der Waals surface area contributed by atoms with E-state index in [1.165, 1.54) is 6.20 Å². The fraction of sp³-hybridized carbons (Fsp3) is 0. The van der Waals surface area contributed by atoms with Crippen LogP contribution in [0.4, 0.5) is 0 Å². The van der Waals surface area contributed by atoms with Gasteiger partial charge in [-0.15, -0.1) is 5.10 Å². The Morgan fingerprint density at radius 3 is 2.88 bits per heavy atom. The van der Waals surface area contributed by atoms with E-state index in [4.69, 9.17) is 4.89 Å². The summed E-state index contributed by atoms with van der Waals surface area (Å²) in [4.78, 5) is 8.34. The third-order valence-electron chi connectivity index (χ3n) is 0.636. The van der Waals surface area contributed by atoms with Crippen LogP contribution >= 0.6 is 8.03 Å². The standard InChI is InChI=1S/C2H4N3O2P/c6-8(7)2-1-3-5-4-2/h1,8H,(H,6,7)(H,3,4,5). The molecule has 2 N–H and O–H groups in total. The first-order valence-electron chi connectivity index (χ1n) is 1.90. The maximum atomic E-state index is 10.1. The summed E-state index contributed by atoms with van der Waals surface area (Å²) in [6, 6.07) is 0. The van der Waals surface area contributed by atoms with Crippen LogP contribution in [0.2, 0.25) is 0 Å².